The number of halogens is 2. The van der Waals surface area contributed by atoms with Crippen LogP contribution in [-0.2, 0) is 10.3 Å². The number of carbonyl (C=O) groups is 1. The van der Waals surface area contributed by atoms with Crippen LogP contribution >= 0.6 is 12.4 Å². The summed E-state index contributed by atoms with van der Waals surface area (Å²) in [5.74, 6) is -0.435. The Morgan fingerprint density at radius 3 is 2.75 bits per heavy atom. The first kappa shape index (κ1) is 18.7. The van der Waals surface area contributed by atoms with Crippen LogP contribution in [0.15, 0.2) is 18.2 Å². The fourth-order valence-corrected chi connectivity index (χ4v) is 4.35. The molecule has 2 fully saturated rings. The molecule has 2 aliphatic rings. The first-order valence-corrected chi connectivity index (χ1v) is 7.99. The van der Waals surface area contributed by atoms with Gasteiger partial charge in [-0.05, 0) is 63.3 Å². The first-order valence-electron chi connectivity index (χ1n) is 7.99. The number of benzene rings is 1. The minimum atomic E-state index is -0.664. The summed E-state index contributed by atoms with van der Waals surface area (Å²) in [5, 5.41) is 9.50. The molecule has 2 saturated heterocycles. The summed E-state index contributed by atoms with van der Waals surface area (Å²) in [6.07, 6.45) is 1.93. The molecule has 0 unspecified atom stereocenters. The molecule has 0 aliphatic carbocycles. The fraction of sp³-hybridized carbons (Fsp3) is 0.556. The lowest BCUT2D eigenvalue weighted by atomic mass is 9.82. The molecule has 3 rings (SSSR count). The smallest absolute Gasteiger partial charge is 0.240 e. The number of rotatable bonds is 2. The standard InChI is InChI=1S/C18H22FN3O.ClH/c1-11-4-5-12(19)8-13(11)18-7-6-15(17(2,3)10-20)22(18)16(23)14(21)9-18;/h4-5,8,14-15H,6-7,9,21H2,1-3H3;1H/t14-,15+,18+;/m0./s1. The van der Waals surface area contributed by atoms with Crippen molar-refractivity contribution >= 4 is 18.3 Å². The van der Waals surface area contributed by atoms with E-state index < -0.39 is 17.0 Å². The van der Waals surface area contributed by atoms with Gasteiger partial charge in [-0.2, -0.15) is 5.26 Å². The van der Waals surface area contributed by atoms with Gasteiger partial charge in [0.2, 0.25) is 5.91 Å². The van der Waals surface area contributed by atoms with Crippen molar-refractivity contribution in [2.24, 2.45) is 11.1 Å². The molecule has 0 aromatic heterocycles. The van der Waals surface area contributed by atoms with Crippen molar-refractivity contribution in [3.63, 3.8) is 0 Å². The van der Waals surface area contributed by atoms with Crippen LogP contribution in [0.3, 0.4) is 0 Å². The minimum Gasteiger partial charge on any atom is -0.327 e. The summed E-state index contributed by atoms with van der Waals surface area (Å²) >= 11 is 0. The maximum absolute atomic E-state index is 13.9. The van der Waals surface area contributed by atoms with E-state index in [1.54, 1.807) is 11.0 Å². The zero-order chi connectivity index (χ0) is 17.0. The summed E-state index contributed by atoms with van der Waals surface area (Å²) in [6.45, 7) is 5.63. The zero-order valence-electron chi connectivity index (χ0n) is 14.2. The van der Waals surface area contributed by atoms with Gasteiger partial charge in [-0.25, -0.2) is 4.39 Å². The molecule has 4 nitrogen and oxygen atoms in total. The Hall–Kier alpha value is -1.64. The molecule has 1 aromatic carbocycles. The highest BCUT2D eigenvalue weighted by molar-refractivity contribution is 5.86. The fourth-order valence-electron chi connectivity index (χ4n) is 4.35. The van der Waals surface area contributed by atoms with E-state index in [0.717, 1.165) is 17.5 Å². The van der Waals surface area contributed by atoms with Crippen molar-refractivity contribution in [2.45, 2.75) is 57.7 Å². The van der Waals surface area contributed by atoms with Crippen LogP contribution < -0.4 is 5.73 Å². The molecule has 2 N–H and O–H groups in total. The third-order valence-corrected chi connectivity index (χ3v) is 5.54. The van der Waals surface area contributed by atoms with Gasteiger partial charge in [-0.3, -0.25) is 4.79 Å². The second-order valence-electron chi connectivity index (χ2n) is 7.40. The van der Waals surface area contributed by atoms with Crippen molar-refractivity contribution < 1.29 is 9.18 Å². The highest BCUT2D eigenvalue weighted by atomic mass is 35.5. The zero-order valence-corrected chi connectivity index (χ0v) is 15.0. The van der Waals surface area contributed by atoms with Crippen LogP contribution in [0.4, 0.5) is 4.39 Å². The molecule has 130 valence electrons. The van der Waals surface area contributed by atoms with E-state index in [1.807, 2.05) is 20.8 Å². The van der Waals surface area contributed by atoms with Crippen molar-refractivity contribution in [1.82, 2.24) is 4.90 Å². The van der Waals surface area contributed by atoms with Gasteiger partial charge >= 0.3 is 0 Å². The van der Waals surface area contributed by atoms with Gasteiger partial charge < -0.3 is 10.6 Å². The first-order chi connectivity index (χ1) is 10.7. The number of nitrogens with zero attached hydrogens (tertiary/aromatic N) is 2. The lowest BCUT2D eigenvalue weighted by Crippen LogP contribution is -2.49. The number of aryl methyl sites for hydroxylation is 1. The molecule has 0 radical (unpaired) electrons. The lowest BCUT2D eigenvalue weighted by molar-refractivity contribution is -0.134. The van der Waals surface area contributed by atoms with Gasteiger partial charge in [0.15, 0.2) is 0 Å². The summed E-state index contributed by atoms with van der Waals surface area (Å²) in [4.78, 5) is 14.5. The van der Waals surface area contributed by atoms with Gasteiger partial charge in [0.25, 0.3) is 0 Å². The van der Waals surface area contributed by atoms with Gasteiger partial charge in [-0.1, -0.05) is 6.07 Å². The maximum Gasteiger partial charge on any atom is 0.240 e. The van der Waals surface area contributed by atoms with Crippen LogP contribution in [0, 0.1) is 29.5 Å². The van der Waals surface area contributed by atoms with Crippen LogP contribution in [-0.4, -0.2) is 22.9 Å². The Morgan fingerprint density at radius 1 is 1.46 bits per heavy atom. The van der Waals surface area contributed by atoms with Gasteiger partial charge in [-0.15, -0.1) is 12.4 Å². The van der Waals surface area contributed by atoms with Gasteiger partial charge in [0.05, 0.1) is 29.1 Å². The molecule has 1 amide bonds. The van der Waals surface area contributed by atoms with Crippen LogP contribution in [0.5, 0.6) is 0 Å². The molecule has 6 heteroatoms. The average molecular weight is 352 g/mol. The van der Waals surface area contributed by atoms with Crippen molar-refractivity contribution in [1.29, 1.82) is 5.26 Å². The molecule has 2 heterocycles. The molecular weight excluding hydrogens is 329 g/mol. The van der Waals surface area contributed by atoms with Crippen LogP contribution in [0.25, 0.3) is 0 Å². The molecule has 0 spiro atoms. The normalized spacial score (nSPS) is 29.2. The van der Waals surface area contributed by atoms with Crippen molar-refractivity contribution in [3.05, 3.63) is 35.1 Å². The third kappa shape index (κ3) is 2.49. The summed E-state index contributed by atoms with van der Waals surface area (Å²) in [5.41, 5.74) is 6.59. The summed E-state index contributed by atoms with van der Waals surface area (Å²) in [7, 11) is 0. The summed E-state index contributed by atoms with van der Waals surface area (Å²) in [6, 6.07) is 6.23. The van der Waals surface area contributed by atoms with E-state index in [0.29, 0.717) is 12.8 Å². The number of carbonyl (C=O) groups excluding carboxylic acids is 1. The quantitative estimate of drug-likeness (QED) is 0.890. The predicted octanol–water partition coefficient (Wildman–Crippen LogP) is 3.02. The van der Waals surface area contributed by atoms with E-state index in [1.165, 1.54) is 12.1 Å². The van der Waals surface area contributed by atoms with E-state index in [9.17, 15) is 14.4 Å². The van der Waals surface area contributed by atoms with Crippen molar-refractivity contribution in [3.8, 4) is 6.07 Å². The number of nitrogens with two attached hydrogens (primary N) is 1. The van der Waals surface area contributed by atoms with Crippen molar-refractivity contribution in [2.75, 3.05) is 0 Å². The highest BCUT2D eigenvalue weighted by Crippen LogP contribution is 2.53. The molecule has 3 atom stereocenters. The number of hydrogen-bond acceptors (Lipinski definition) is 3. The largest absolute Gasteiger partial charge is 0.327 e. The second kappa shape index (κ2) is 6.02. The van der Waals surface area contributed by atoms with Gasteiger partial charge in [0.1, 0.15) is 5.82 Å². The summed E-state index contributed by atoms with van der Waals surface area (Å²) < 4.78 is 13.9. The molecule has 1 aromatic rings. The molecule has 24 heavy (non-hydrogen) atoms. The SMILES string of the molecule is Cc1ccc(F)cc1[C@]12CC[C@H](C(C)(C)C#N)N1C(=O)[C@@H](N)C2.Cl. The van der Waals surface area contributed by atoms with Crippen LogP contribution in [0.1, 0.15) is 44.2 Å². The number of fused-ring (bicyclic) bond motifs is 1. The number of nitriles is 1. The van der Waals surface area contributed by atoms with E-state index >= 15 is 0 Å². The topological polar surface area (TPSA) is 70.1 Å². The molecule has 2 aliphatic heterocycles. The lowest BCUT2D eigenvalue weighted by Gasteiger charge is -2.40. The van der Waals surface area contributed by atoms with E-state index in [4.69, 9.17) is 5.73 Å². The van der Waals surface area contributed by atoms with Gasteiger partial charge in [0, 0.05) is 0 Å². The Bertz CT molecular complexity index is 715. The second-order valence-corrected chi connectivity index (χ2v) is 7.40. The molecule has 0 saturated carbocycles. The predicted molar refractivity (Wildman–Crippen MR) is 91.9 cm³/mol. The third-order valence-electron chi connectivity index (χ3n) is 5.54. The Kier molecular flexibility index (Phi) is 4.69. The molecular formula is C18H23ClFN3O. The van der Waals surface area contributed by atoms with E-state index in [-0.39, 0.29) is 30.2 Å². The number of amides is 1. The highest BCUT2D eigenvalue weighted by Gasteiger charge is 2.60. The maximum atomic E-state index is 13.9. The average Bonchev–Trinajstić information content (AvgIpc) is 2.99. The Labute approximate surface area is 148 Å². The van der Waals surface area contributed by atoms with E-state index in [2.05, 4.69) is 6.07 Å². The monoisotopic (exact) mass is 351 g/mol. The Balaban J connectivity index is 0.00000208. The number of hydrogen-bond donors (Lipinski definition) is 1. The Morgan fingerprint density at radius 2 is 2.12 bits per heavy atom. The van der Waals surface area contributed by atoms with Crippen LogP contribution in [0.2, 0.25) is 0 Å². The molecule has 0 bridgehead atoms. The minimum absolute atomic E-state index is 0.